The molecule has 1 heterocycles. The van der Waals surface area contributed by atoms with Gasteiger partial charge in [0.1, 0.15) is 10.8 Å². The van der Waals surface area contributed by atoms with E-state index >= 15 is 0 Å². The van der Waals surface area contributed by atoms with Gasteiger partial charge in [-0.05, 0) is 30.7 Å². The van der Waals surface area contributed by atoms with E-state index in [1.54, 1.807) is 21.0 Å². The van der Waals surface area contributed by atoms with E-state index in [-0.39, 0.29) is 22.0 Å². The molecule has 25 heavy (non-hydrogen) atoms. The van der Waals surface area contributed by atoms with Crippen LogP contribution in [0.5, 0.6) is 0 Å². The minimum absolute atomic E-state index is 0.0994. The quantitative estimate of drug-likeness (QED) is 0.847. The lowest BCUT2D eigenvalue weighted by Crippen LogP contribution is -2.21. The van der Waals surface area contributed by atoms with Gasteiger partial charge in [-0.15, -0.1) is 11.3 Å². The summed E-state index contributed by atoms with van der Waals surface area (Å²) in [6, 6.07) is 5.16. The molecule has 2 amide bonds. The van der Waals surface area contributed by atoms with Gasteiger partial charge in [-0.3, -0.25) is 9.59 Å². The van der Waals surface area contributed by atoms with Crippen LogP contribution in [0.1, 0.15) is 36.0 Å². The first-order chi connectivity index (χ1) is 11.8. The number of anilines is 1. The Morgan fingerprint density at radius 1 is 1.24 bits per heavy atom. The van der Waals surface area contributed by atoms with Gasteiger partial charge in [0.15, 0.2) is 0 Å². The van der Waals surface area contributed by atoms with Crippen molar-refractivity contribution in [2.24, 2.45) is 0 Å². The standard InChI is InChI=1S/C17H17FN2O4S/c1-9-12(17(23)24-4)15(25-13(9)16(22)20(2)3)19-14(21)10-6-5-7-11(18)8-10/h5-8H,1-4H3,(H,19,21). The van der Waals surface area contributed by atoms with Gasteiger partial charge >= 0.3 is 5.97 Å². The number of halogens is 1. The SMILES string of the molecule is COC(=O)c1c(NC(=O)c2cccc(F)c2)sc(C(=O)N(C)C)c1C. The fourth-order valence-corrected chi connectivity index (χ4v) is 3.37. The van der Waals surface area contributed by atoms with Gasteiger partial charge in [-0.2, -0.15) is 0 Å². The molecule has 6 nitrogen and oxygen atoms in total. The second-order valence-corrected chi connectivity index (χ2v) is 6.44. The number of thiophene rings is 1. The number of benzene rings is 1. The summed E-state index contributed by atoms with van der Waals surface area (Å²) in [5.41, 5.74) is 0.634. The monoisotopic (exact) mass is 364 g/mol. The van der Waals surface area contributed by atoms with Gasteiger partial charge < -0.3 is 15.0 Å². The maximum Gasteiger partial charge on any atom is 0.341 e. The molecule has 0 unspecified atom stereocenters. The van der Waals surface area contributed by atoms with Crippen molar-refractivity contribution in [2.75, 3.05) is 26.5 Å². The van der Waals surface area contributed by atoms with E-state index in [2.05, 4.69) is 5.32 Å². The summed E-state index contributed by atoms with van der Waals surface area (Å²) in [5, 5.41) is 2.75. The molecule has 0 saturated carbocycles. The second kappa shape index (κ2) is 7.43. The molecule has 1 N–H and O–H groups in total. The van der Waals surface area contributed by atoms with E-state index in [0.29, 0.717) is 10.4 Å². The molecule has 0 aliphatic carbocycles. The third-order valence-corrected chi connectivity index (χ3v) is 4.65. The molecular formula is C17H17FN2O4S. The average Bonchev–Trinajstić information content (AvgIpc) is 2.89. The molecule has 0 aliphatic rings. The van der Waals surface area contributed by atoms with Crippen LogP contribution in [0.2, 0.25) is 0 Å². The molecule has 2 rings (SSSR count). The van der Waals surface area contributed by atoms with E-state index in [1.165, 1.54) is 30.2 Å². The van der Waals surface area contributed by atoms with Gasteiger partial charge in [0, 0.05) is 19.7 Å². The van der Waals surface area contributed by atoms with Gasteiger partial charge in [0.05, 0.1) is 17.6 Å². The molecule has 0 bridgehead atoms. The number of hydrogen-bond donors (Lipinski definition) is 1. The molecule has 1 aromatic carbocycles. The summed E-state index contributed by atoms with van der Waals surface area (Å²) in [5.74, 6) is -2.10. The van der Waals surface area contributed by atoms with Crippen LogP contribution in [0, 0.1) is 12.7 Å². The Labute approximate surface area is 148 Å². The fraction of sp³-hybridized carbons (Fsp3) is 0.235. The first kappa shape index (κ1) is 18.6. The van der Waals surface area contributed by atoms with Crippen molar-refractivity contribution in [3.63, 3.8) is 0 Å². The Kier molecular flexibility index (Phi) is 5.53. The van der Waals surface area contributed by atoms with Gasteiger partial charge in [-0.25, -0.2) is 9.18 Å². The lowest BCUT2D eigenvalue weighted by atomic mass is 10.1. The van der Waals surface area contributed by atoms with Crippen LogP contribution in [0.3, 0.4) is 0 Å². The van der Waals surface area contributed by atoms with Crippen LogP contribution in [0.4, 0.5) is 9.39 Å². The molecule has 0 atom stereocenters. The summed E-state index contributed by atoms with van der Waals surface area (Å²) in [7, 11) is 4.39. The molecule has 0 aliphatic heterocycles. The number of nitrogens with zero attached hydrogens (tertiary/aromatic N) is 1. The van der Waals surface area contributed by atoms with Crippen LogP contribution < -0.4 is 5.32 Å². The number of carbonyl (C=O) groups excluding carboxylic acids is 3. The highest BCUT2D eigenvalue weighted by Crippen LogP contribution is 2.34. The van der Waals surface area contributed by atoms with Crippen LogP contribution in [-0.2, 0) is 4.74 Å². The van der Waals surface area contributed by atoms with Gasteiger partial charge in [0.25, 0.3) is 11.8 Å². The van der Waals surface area contributed by atoms with Gasteiger partial charge in [0.2, 0.25) is 0 Å². The predicted molar refractivity (Wildman–Crippen MR) is 92.8 cm³/mol. The normalized spacial score (nSPS) is 10.3. The van der Waals surface area contributed by atoms with Crippen LogP contribution in [-0.4, -0.2) is 43.9 Å². The Bertz CT molecular complexity index is 845. The van der Waals surface area contributed by atoms with Crippen molar-refractivity contribution in [1.29, 1.82) is 0 Å². The molecule has 0 fully saturated rings. The van der Waals surface area contributed by atoms with Crippen molar-refractivity contribution in [3.8, 4) is 0 Å². The van der Waals surface area contributed by atoms with E-state index in [9.17, 15) is 18.8 Å². The van der Waals surface area contributed by atoms with Crippen molar-refractivity contribution in [1.82, 2.24) is 4.90 Å². The van der Waals surface area contributed by atoms with Crippen LogP contribution in [0.25, 0.3) is 0 Å². The summed E-state index contributed by atoms with van der Waals surface area (Å²) >= 11 is 0.976. The summed E-state index contributed by atoms with van der Waals surface area (Å²) < 4.78 is 18.0. The lowest BCUT2D eigenvalue weighted by molar-refractivity contribution is 0.0601. The molecule has 8 heteroatoms. The van der Waals surface area contributed by atoms with Crippen LogP contribution >= 0.6 is 11.3 Å². The number of rotatable bonds is 4. The number of ether oxygens (including phenoxy) is 1. The first-order valence-corrected chi connectivity index (χ1v) is 8.08. The average molecular weight is 364 g/mol. The van der Waals surface area contributed by atoms with Crippen molar-refractivity contribution in [3.05, 3.63) is 51.7 Å². The molecular weight excluding hydrogens is 347 g/mol. The number of hydrogen-bond acceptors (Lipinski definition) is 5. The van der Waals surface area contributed by atoms with Crippen molar-refractivity contribution >= 4 is 34.1 Å². The number of esters is 1. The smallest absolute Gasteiger partial charge is 0.341 e. The number of carbonyl (C=O) groups is 3. The topological polar surface area (TPSA) is 75.7 Å². The summed E-state index contributed by atoms with van der Waals surface area (Å²) in [6.07, 6.45) is 0. The molecule has 1 aromatic heterocycles. The zero-order valence-electron chi connectivity index (χ0n) is 14.2. The van der Waals surface area contributed by atoms with E-state index in [1.807, 2.05) is 0 Å². The number of methoxy groups -OCH3 is 1. The Hall–Kier alpha value is -2.74. The molecule has 0 spiro atoms. The Morgan fingerprint density at radius 3 is 2.48 bits per heavy atom. The Balaban J connectivity index is 2.45. The molecule has 0 radical (unpaired) electrons. The van der Waals surface area contributed by atoms with Crippen molar-refractivity contribution < 1.29 is 23.5 Å². The Morgan fingerprint density at radius 2 is 1.92 bits per heavy atom. The van der Waals surface area contributed by atoms with E-state index < -0.39 is 17.7 Å². The first-order valence-electron chi connectivity index (χ1n) is 7.26. The van der Waals surface area contributed by atoms with Gasteiger partial charge in [-0.1, -0.05) is 6.07 Å². The minimum Gasteiger partial charge on any atom is -0.465 e. The number of nitrogens with one attached hydrogen (secondary N) is 1. The highest BCUT2D eigenvalue weighted by atomic mass is 32.1. The zero-order chi connectivity index (χ0) is 18.7. The summed E-state index contributed by atoms with van der Waals surface area (Å²) in [6.45, 7) is 1.61. The molecule has 132 valence electrons. The van der Waals surface area contributed by atoms with Crippen molar-refractivity contribution in [2.45, 2.75) is 6.92 Å². The minimum atomic E-state index is -0.666. The third kappa shape index (κ3) is 3.85. The van der Waals surface area contributed by atoms with Crippen LogP contribution in [0.15, 0.2) is 24.3 Å². The molecule has 2 aromatic rings. The zero-order valence-corrected chi connectivity index (χ0v) is 15.0. The molecule has 0 saturated heterocycles. The second-order valence-electron chi connectivity index (χ2n) is 5.42. The third-order valence-electron chi connectivity index (χ3n) is 3.45. The van der Waals surface area contributed by atoms with E-state index in [0.717, 1.165) is 17.4 Å². The summed E-state index contributed by atoms with van der Waals surface area (Å²) in [4.78, 5) is 38.4. The fourth-order valence-electron chi connectivity index (χ4n) is 2.16. The van der Waals surface area contributed by atoms with E-state index in [4.69, 9.17) is 4.74 Å². The lowest BCUT2D eigenvalue weighted by Gasteiger charge is -2.08. The largest absolute Gasteiger partial charge is 0.465 e. The predicted octanol–water partition coefficient (Wildman–Crippen LogP) is 2.94. The maximum atomic E-state index is 13.3. The maximum absolute atomic E-state index is 13.3. The number of amides is 2. The highest BCUT2D eigenvalue weighted by Gasteiger charge is 2.27. The highest BCUT2D eigenvalue weighted by molar-refractivity contribution is 7.18.